The Morgan fingerprint density at radius 3 is 2.40 bits per heavy atom. The van der Waals surface area contributed by atoms with Crippen LogP contribution < -0.4 is 42.3 Å². The van der Waals surface area contributed by atoms with Gasteiger partial charge in [-0.3, -0.25) is 14.6 Å². The highest BCUT2D eigenvalue weighted by molar-refractivity contribution is 6.59. The minimum atomic E-state index is -2.22. The molecule has 7 rings (SSSR count). The van der Waals surface area contributed by atoms with Gasteiger partial charge in [-0.1, -0.05) is 17.0 Å². The van der Waals surface area contributed by atoms with Crippen molar-refractivity contribution in [3.8, 4) is 45.0 Å². The van der Waals surface area contributed by atoms with Crippen LogP contribution in [0.4, 0.5) is 15.9 Å². The van der Waals surface area contributed by atoms with E-state index in [4.69, 9.17) is 76.5 Å². The van der Waals surface area contributed by atoms with Crippen molar-refractivity contribution in [3.63, 3.8) is 0 Å². The molecule has 1 amide bonds. The molecule has 1 atom stereocenters. The number of ether oxygens (including phenoxy) is 5. The number of carbonyl (C=O) groups excluding carboxylic acids is 1. The lowest BCUT2D eigenvalue weighted by Gasteiger charge is -2.31. The number of aromatic nitrogens is 3. The summed E-state index contributed by atoms with van der Waals surface area (Å²) in [7, 11) is 37.1. The molecule has 0 aliphatic carbocycles. The number of nitrogens with zero attached hydrogens (tertiary/aromatic N) is 3. The van der Waals surface area contributed by atoms with Gasteiger partial charge < -0.3 is 39.3 Å². The second kappa shape index (κ2) is 18.2. The number of benzene rings is 2. The van der Waals surface area contributed by atoms with Crippen LogP contribution in [0.15, 0.2) is 66.0 Å². The van der Waals surface area contributed by atoms with Gasteiger partial charge in [0.2, 0.25) is 5.43 Å². The molecule has 12 nitrogen and oxygen atoms in total. The molecule has 0 bridgehead atoms. The van der Waals surface area contributed by atoms with E-state index >= 15 is 4.39 Å². The normalized spacial score (nSPS) is 16.0. The van der Waals surface area contributed by atoms with Crippen molar-refractivity contribution in [2.24, 2.45) is 5.92 Å². The second-order valence-corrected chi connectivity index (χ2v) is 14.8. The maximum absolute atomic E-state index is 16.1. The summed E-state index contributed by atoms with van der Waals surface area (Å²) in [6, 6.07) is 9.07. The first-order chi connectivity index (χ1) is 28.7. The highest BCUT2D eigenvalue weighted by atomic mass is 19.1. The third-order valence-electron chi connectivity index (χ3n) is 10.1. The van der Waals surface area contributed by atoms with E-state index in [9.17, 15) is 9.59 Å². The summed E-state index contributed by atoms with van der Waals surface area (Å²) in [6.07, 6.45) is 7.50. The van der Waals surface area contributed by atoms with Gasteiger partial charge in [0.15, 0.2) is 11.5 Å². The summed E-state index contributed by atoms with van der Waals surface area (Å²) in [6.45, 7) is 4.81. The molecule has 2 saturated heterocycles. The summed E-state index contributed by atoms with van der Waals surface area (Å²) in [4.78, 5) is 36.3. The summed E-state index contributed by atoms with van der Waals surface area (Å²) < 4.78 is 46.1. The van der Waals surface area contributed by atoms with Crippen molar-refractivity contribution >= 4 is 80.9 Å². The van der Waals surface area contributed by atoms with Gasteiger partial charge in [0.05, 0.1) is 31.1 Å². The largest absolute Gasteiger partial charge is 0.513 e. The molecule has 292 valence electrons. The zero-order valence-electron chi connectivity index (χ0n) is 32.9. The number of carbonyl (C=O) groups is 1. The average Bonchev–Trinajstić information content (AvgIpc) is 3.22. The van der Waals surface area contributed by atoms with Crippen LogP contribution in [0.25, 0.3) is 33.5 Å². The highest BCUT2D eigenvalue weighted by Crippen LogP contribution is 2.34. The number of rotatable bonds is 12. The minimum Gasteiger partial charge on any atom is -0.513 e. The van der Waals surface area contributed by atoms with Gasteiger partial charge in [-0.2, -0.15) is 0 Å². The Balaban J connectivity index is 1.19. The molecule has 2 fully saturated rings. The fraction of sp³-hybridized carbons (Fsp3) is 0.317. The molecular formula is C41H36B6FN5O7. The standard InChI is InChI=1S/C41H36B6FN5O7/c1-21-2-5-31(50-14-21)28-17-53(16-22-6-8-56-9-7-22)18-29(36(28)54)40(55)52-24-3-4-26(30(48)13-24)27-12-23(15-51-39(27)49)32-33(42)35(44)37(38(34(32)43)60-41(45,46)47)59-20-25-19-57-10-11-58-25/h2-5,12-15,17-18,22,25H,6-11,16,19-20H2,1H3,(H2,49,51)(H,52,55)/t25-/m1/s1. The van der Waals surface area contributed by atoms with Crippen LogP contribution in [0.2, 0.25) is 0 Å². The van der Waals surface area contributed by atoms with Crippen molar-refractivity contribution in [2.75, 3.05) is 50.7 Å². The number of nitrogen functional groups attached to an aromatic ring is 1. The van der Waals surface area contributed by atoms with Crippen LogP contribution in [-0.2, 0) is 20.8 Å². The molecule has 0 spiro atoms. The fourth-order valence-electron chi connectivity index (χ4n) is 7.07. The van der Waals surface area contributed by atoms with Crippen LogP contribution in [0.1, 0.15) is 28.8 Å². The Morgan fingerprint density at radius 2 is 1.72 bits per heavy atom. The first-order valence-corrected chi connectivity index (χ1v) is 19.2. The van der Waals surface area contributed by atoms with Crippen molar-refractivity contribution in [1.29, 1.82) is 0 Å². The van der Waals surface area contributed by atoms with E-state index in [1.165, 1.54) is 30.6 Å². The zero-order valence-corrected chi connectivity index (χ0v) is 32.9. The van der Waals surface area contributed by atoms with Crippen molar-refractivity contribution in [2.45, 2.75) is 37.7 Å². The van der Waals surface area contributed by atoms with Crippen LogP contribution in [0.5, 0.6) is 11.5 Å². The van der Waals surface area contributed by atoms with E-state index in [-0.39, 0.29) is 91.9 Å². The number of nitrogens with two attached hydrogens (primary N) is 1. The van der Waals surface area contributed by atoms with Gasteiger partial charge >= 0.3 is 0 Å². The first-order valence-electron chi connectivity index (χ1n) is 19.2. The molecule has 2 aliphatic rings. The van der Waals surface area contributed by atoms with Gasteiger partial charge in [-0.15, -0.1) is 0 Å². The highest BCUT2D eigenvalue weighted by Gasteiger charge is 2.26. The van der Waals surface area contributed by atoms with Crippen LogP contribution in [-0.4, -0.2) is 119 Å². The maximum atomic E-state index is 16.1. The third kappa shape index (κ3) is 9.69. The number of hydrogen-bond donors (Lipinski definition) is 2. The topological polar surface area (TPSA) is 149 Å². The maximum Gasteiger partial charge on any atom is 0.261 e. The fourth-order valence-corrected chi connectivity index (χ4v) is 7.07. The Morgan fingerprint density at radius 1 is 0.933 bits per heavy atom. The number of aryl methyl sites for hydroxylation is 1. The summed E-state index contributed by atoms with van der Waals surface area (Å²) >= 11 is 0. The SMILES string of the molecule is [B]c1c([B])c(-c2cnc(N)c(-c3ccc(NC(=O)c4cn(CC5CCOCC5)cc(-c5ccc(C)cn5)c4=O)cc3F)c2)c([B])c(OC([B])([B])[B])c1OC[C@H]1COCCO1. The minimum absolute atomic E-state index is 0.0131. The number of halogens is 1. The molecule has 12 radical (unpaired) electrons. The number of amides is 1. The molecule has 3 N–H and O–H groups in total. The Kier molecular flexibility index (Phi) is 13.0. The molecule has 0 unspecified atom stereocenters. The molecule has 0 saturated carbocycles. The van der Waals surface area contributed by atoms with Gasteiger partial charge in [-0.25, -0.2) is 9.37 Å². The van der Waals surface area contributed by atoms with Crippen LogP contribution in [0, 0.1) is 18.7 Å². The van der Waals surface area contributed by atoms with E-state index in [2.05, 4.69) is 15.3 Å². The zero-order chi connectivity index (χ0) is 42.7. The monoisotopic (exact) mass is 795 g/mol. The van der Waals surface area contributed by atoms with E-state index < -0.39 is 28.6 Å². The van der Waals surface area contributed by atoms with E-state index in [1.807, 2.05) is 17.6 Å². The summed E-state index contributed by atoms with van der Waals surface area (Å²) in [5.74, 6) is -1.54. The molecule has 2 aromatic carbocycles. The Bertz CT molecular complexity index is 2460. The van der Waals surface area contributed by atoms with Crippen molar-refractivity contribution < 1.29 is 32.9 Å². The lowest BCUT2D eigenvalue weighted by Crippen LogP contribution is -2.43. The molecule has 3 aromatic heterocycles. The van der Waals surface area contributed by atoms with Gasteiger partial charge in [0.1, 0.15) is 77.0 Å². The smallest absolute Gasteiger partial charge is 0.261 e. The van der Waals surface area contributed by atoms with Gasteiger partial charge in [0.25, 0.3) is 5.91 Å². The molecule has 5 aromatic rings. The summed E-state index contributed by atoms with van der Waals surface area (Å²) in [5, 5.41) is 0.455. The van der Waals surface area contributed by atoms with E-state index in [0.717, 1.165) is 24.5 Å². The number of hydrogen-bond acceptors (Lipinski definition) is 10. The quantitative estimate of drug-likeness (QED) is 0.176. The number of anilines is 2. The number of pyridine rings is 3. The Hall–Kier alpha value is -5.24. The number of nitrogens with one attached hydrogen (secondary N) is 1. The second-order valence-electron chi connectivity index (χ2n) is 14.8. The Labute approximate surface area is 354 Å². The van der Waals surface area contributed by atoms with Crippen molar-refractivity contribution in [3.05, 3.63) is 88.4 Å². The van der Waals surface area contributed by atoms with E-state index in [0.29, 0.717) is 38.7 Å². The lowest BCUT2D eigenvalue weighted by molar-refractivity contribution is -0.101. The van der Waals surface area contributed by atoms with Gasteiger partial charge in [-0.05, 0) is 83.5 Å². The van der Waals surface area contributed by atoms with Crippen LogP contribution >= 0.6 is 0 Å². The molecule has 60 heavy (non-hydrogen) atoms. The van der Waals surface area contributed by atoms with Crippen molar-refractivity contribution in [1.82, 2.24) is 14.5 Å². The van der Waals surface area contributed by atoms with Gasteiger partial charge in [0, 0.05) is 61.4 Å². The third-order valence-corrected chi connectivity index (χ3v) is 10.1. The predicted molar refractivity (Wildman–Crippen MR) is 232 cm³/mol. The molecule has 2 aliphatic heterocycles. The molecule has 19 heteroatoms. The first kappa shape index (κ1) is 42.9. The van der Waals surface area contributed by atoms with E-state index in [1.54, 1.807) is 18.5 Å². The average molecular weight is 795 g/mol. The lowest BCUT2D eigenvalue weighted by atomic mass is 9.52. The molecular weight excluding hydrogens is 758 g/mol. The predicted octanol–water partition coefficient (Wildman–Crippen LogP) is 1.02. The summed E-state index contributed by atoms with van der Waals surface area (Å²) in [5.41, 5.74) is 7.64. The van der Waals surface area contributed by atoms with Crippen LogP contribution in [0.3, 0.4) is 0 Å². The molecule has 5 heterocycles.